The van der Waals surface area contributed by atoms with Gasteiger partial charge in [-0.25, -0.2) is 9.78 Å². The predicted octanol–water partition coefficient (Wildman–Crippen LogP) is 4.97. The Kier molecular flexibility index (Phi) is 5.49. The van der Waals surface area contributed by atoms with Crippen molar-refractivity contribution in [2.24, 2.45) is 5.41 Å². The van der Waals surface area contributed by atoms with E-state index in [4.69, 9.17) is 0 Å². The zero-order valence-electron chi connectivity index (χ0n) is 19.1. The van der Waals surface area contributed by atoms with Crippen LogP contribution in [0.3, 0.4) is 0 Å². The van der Waals surface area contributed by atoms with Crippen molar-refractivity contribution in [3.05, 3.63) is 69.6 Å². The number of rotatable bonds is 5. The molecule has 3 heterocycles. The highest BCUT2D eigenvalue weighted by Gasteiger charge is 2.44. The van der Waals surface area contributed by atoms with Gasteiger partial charge in [0, 0.05) is 36.6 Å². The van der Waals surface area contributed by atoms with Crippen LogP contribution in [-0.4, -0.2) is 33.6 Å². The van der Waals surface area contributed by atoms with E-state index >= 15 is 0 Å². The minimum absolute atomic E-state index is 0.0104. The Bertz CT molecular complexity index is 1350. The van der Waals surface area contributed by atoms with Crippen molar-refractivity contribution in [1.82, 2.24) is 9.38 Å². The van der Waals surface area contributed by atoms with Crippen molar-refractivity contribution < 1.29 is 23.1 Å². The maximum absolute atomic E-state index is 13.7. The number of hydrogen-bond donors (Lipinski definition) is 2. The number of piperidine rings is 1. The maximum atomic E-state index is 13.7. The highest BCUT2D eigenvalue weighted by atomic mass is 19.4. The van der Waals surface area contributed by atoms with E-state index in [-0.39, 0.29) is 22.5 Å². The Labute approximate surface area is 199 Å². The minimum Gasteiger partial charge on any atom is -0.478 e. The lowest BCUT2D eigenvalue weighted by molar-refractivity contribution is -0.137. The van der Waals surface area contributed by atoms with Crippen LogP contribution in [0.1, 0.15) is 60.1 Å². The Morgan fingerprint density at radius 3 is 2.46 bits per heavy atom. The number of carboxylic acid groups (broad SMARTS) is 1. The van der Waals surface area contributed by atoms with Gasteiger partial charge in [0.1, 0.15) is 11.5 Å². The van der Waals surface area contributed by atoms with E-state index in [2.05, 4.69) is 10.3 Å². The molecule has 1 aliphatic carbocycles. The summed E-state index contributed by atoms with van der Waals surface area (Å²) in [7, 11) is 0. The summed E-state index contributed by atoms with van der Waals surface area (Å²) in [5.41, 5.74) is -0.649. The molecule has 0 unspecified atom stereocenters. The number of alkyl halides is 3. The van der Waals surface area contributed by atoms with Gasteiger partial charge in [0.05, 0.1) is 17.2 Å². The molecule has 2 aromatic heterocycles. The van der Waals surface area contributed by atoms with E-state index in [1.165, 1.54) is 25.0 Å². The van der Waals surface area contributed by atoms with Crippen molar-refractivity contribution in [2.45, 2.75) is 44.8 Å². The highest BCUT2D eigenvalue weighted by Crippen LogP contribution is 2.53. The minimum atomic E-state index is -4.68. The van der Waals surface area contributed by atoms with Gasteiger partial charge >= 0.3 is 12.1 Å². The van der Waals surface area contributed by atoms with Gasteiger partial charge in [0.15, 0.2) is 0 Å². The van der Waals surface area contributed by atoms with Crippen LogP contribution in [0.2, 0.25) is 0 Å². The number of aromatic nitrogens is 2. The number of nitrogens with one attached hydrogen (secondary N) is 1. The van der Waals surface area contributed by atoms with E-state index < -0.39 is 29.3 Å². The molecule has 1 atom stereocenters. The number of nitrogens with zero attached hydrogens (tertiary/aromatic N) is 3. The molecular formula is C25H25F3N4O3. The van der Waals surface area contributed by atoms with Gasteiger partial charge < -0.3 is 15.3 Å². The smallest absolute Gasteiger partial charge is 0.417 e. The molecule has 2 aliphatic rings. The Balaban J connectivity index is 1.59. The number of halogens is 3. The zero-order valence-corrected chi connectivity index (χ0v) is 19.1. The van der Waals surface area contributed by atoms with E-state index in [0.717, 1.165) is 42.6 Å². The first kappa shape index (κ1) is 23.2. The number of aromatic carboxylic acids is 1. The van der Waals surface area contributed by atoms with Crippen LogP contribution in [-0.2, 0) is 6.18 Å². The summed E-state index contributed by atoms with van der Waals surface area (Å²) in [6, 6.07) is 7.65. The van der Waals surface area contributed by atoms with Gasteiger partial charge in [-0.2, -0.15) is 13.2 Å². The van der Waals surface area contributed by atoms with Crippen molar-refractivity contribution in [1.29, 1.82) is 0 Å². The van der Waals surface area contributed by atoms with Gasteiger partial charge in [-0.15, -0.1) is 0 Å². The van der Waals surface area contributed by atoms with Crippen LogP contribution in [0.5, 0.6) is 0 Å². The normalized spacial score (nSPS) is 18.0. The molecular weight excluding hydrogens is 461 g/mol. The molecule has 0 amide bonds. The standard InChI is InChI=1S/C25H25F3N4O3/c1-15(29-19-5-3-2-4-17(19)23(34)35)18-12-16(25(26,27)28)14-32-21(33)13-20(30-22(18)32)31-10-8-24(6-7-24)9-11-31/h2-5,12-15,29H,6-11H2,1H3,(H,34,35)/t15-/m1/s1. The number of anilines is 2. The second-order valence-corrected chi connectivity index (χ2v) is 9.53. The van der Waals surface area contributed by atoms with E-state index in [9.17, 15) is 27.9 Å². The molecule has 7 nitrogen and oxygen atoms in total. The van der Waals surface area contributed by atoms with Gasteiger partial charge in [-0.05, 0) is 56.2 Å². The summed E-state index contributed by atoms with van der Waals surface area (Å²) in [5, 5.41) is 12.5. The first-order valence-electron chi connectivity index (χ1n) is 11.5. The Hall–Kier alpha value is -3.56. The molecule has 0 radical (unpaired) electrons. The van der Waals surface area contributed by atoms with Crippen LogP contribution in [0.4, 0.5) is 24.7 Å². The third-order valence-electron chi connectivity index (χ3n) is 7.20. The molecule has 2 fully saturated rings. The summed E-state index contributed by atoms with van der Waals surface area (Å²) in [5.74, 6) is -0.714. The summed E-state index contributed by atoms with van der Waals surface area (Å²) in [6.45, 7) is 3.11. The van der Waals surface area contributed by atoms with Gasteiger partial charge in [-0.1, -0.05) is 12.1 Å². The molecule has 2 N–H and O–H groups in total. The maximum Gasteiger partial charge on any atom is 0.417 e. The number of fused-ring (bicyclic) bond motifs is 1. The second kappa shape index (κ2) is 8.28. The largest absolute Gasteiger partial charge is 0.478 e. The molecule has 10 heteroatoms. The van der Waals surface area contributed by atoms with Crippen LogP contribution in [0, 0.1) is 5.41 Å². The molecule has 1 aliphatic heterocycles. The third kappa shape index (κ3) is 4.44. The summed E-state index contributed by atoms with van der Waals surface area (Å²) in [4.78, 5) is 31.2. The SMILES string of the molecule is C[C@@H](Nc1ccccc1C(=O)O)c1cc(C(F)(F)F)cn2c(=O)cc(N3CCC4(CC3)CC4)nc12. The van der Waals surface area contributed by atoms with Gasteiger partial charge in [0.2, 0.25) is 0 Å². The topological polar surface area (TPSA) is 86.9 Å². The first-order chi connectivity index (χ1) is 16.6. The summed E-state index contributed by atoms with van der Waals surface area (Å²) >= 11 is 0. The van der Waals surface area contributed by atoms with Crippen molar-refractivity contribution in [3.8, 4) is 0 Å². The molecule has 1 saturated carbocycles. The van der Waals surface area contributed by atoms with Crippen molar-refractivity contribution >= 4 is 23.1 Å². The number of para-hydroxylation sites is 1. The fourth-order valence-electron chi connectivity index (χ4n) is 4.84. The zero-order chi connectivity index (χ0) is 25.0. The molecule has 5 rings (SSSR count). The number of carboxylic acids is 1. The molecule has 1 spiro atoms. The average Bonchev–Trinajstić information content (AvgIpc) is 3.57. The lowest BCUT2D eigenvalue weighted by atomic mass is 9.94. The molecule has 0 bridgehead atoms. The number of carbonyl (C=O) groups is 1. The number of pyridine rings is 1. The first-order valence-corrected chi connectivity index (χ1v) is 11.5. The second-order valence-electron chi connectivity index (χ2n) is 9.53. The highest BCUT2D eigenvalue weighted by molar-refractivity contribution is 5.94. The Morgan fingerprint density at radius 2 is 1.83 bits per heavy atom. The van der Waals surface area contributed by atoms with Crippen LogP contribution >= 0.6 is 0 Å². The van der Waals surface area contributed by atoms with E-state index in [1.54, 1.807) is 25.1 Å². The predicted molar refractivity (Wildman–Crippen MR) is 125 cm³/mol. The van der Waals surface area contributed by atoms with Crippen molar-refractivity contribution in [2.75, 3.05) is 23.3 Å². The van der Waals surface area contributed by atoms with Crippen LogP contribution in [0.25, 0.3) is 5.65 Å². The van der Waals surface area contributed by atoms with Crippen LogP contribution in [0.15, 0.2) is 47.4 Å². The molecule has 3 aromatic rings. The number of benzene rings is 1. The van der Waals surface area contributed by atoms with E-state index in [0.29, 0.717) is 11.2 Å². The molecule has 1 saturated heterocycles. The summed E-state index contributed by atoms with van der Waals surface area (Å²) in [6.07, 6.45) is 0.562. The Morgan fingerprint density at radius 1 is 1.14 bits per heavy atom. The quantitative estimate of drug-likeness (QED) is 0.530. The lowest BCUT2D eigenvalue weighted by Crippen LogP contribution is -2.36. The molecule has 184 valence electrons. The van der Waals surface area contributed by atoms with Crippen molar-refractivity contribution in [3.63, 3.8) is 0 Å². The third-order valence-corrected chi connectivity index (χ3v) is 7.20. The average molecular weight is 486 g/mol. The van der Waals surface area contributed by atoms with Gasteiger partial charge in [-0.3, -0.25) is 9.20 Å². The number of hydrogen-bond acceptors (Lipinski definition) is 5. The summed E-state index contributed by atoms with van der Waals surface area (Å²) < 4.78 is 42.0. The lowest BCUT2D eigenvalue weighted by Gasteiger charge is -2.33. The van der Waals surface area contributed by atoms with Gasteiger partial charge in [0.25, 0.3) is 5.56 Å². The molecule has 1 aromatic carbocycles. The fraction of sp³-hybridized carbons (Fsp3) is 0.400. The fourth-order valence-corrected chi connectivity index (χ4v) is 4.84. The monoisotopic (exact) mass is 486 g/mol. The van der Waals surface area contributed by atoms with E-state index in [1.807, 2.05) is 4.90 Å². The molecule has 35 heavy (non-hydrogen) atoms. The van der Waals surface area contributed by atoms with Crippen LogP contribution < -0.4 is 15.8 Å².